The van der Waals surface area contributed by atoms with Crippen LogP contribution in [0.2, 0.25) is 0 Å². The predicted molar refractivity (Wildman–Crippen MR) is 111 cm³/mol. The van der Waals surface area contributed by atoms with Gasteiger partial charge in [-0.1, -0.05) is 35.9 Å². The third kappa shape index (κ3) is 4.70. The lowest BCUT2D eigenvalue weighted by atomic mass is 10.1. The van der Waals surface area contributed by atoms with Crippen LogP contribution in [0.1, 0.15) is 11.1 Å². The summed E-state index contributed by atoms with van der Waals surface area (Å²) in [6.45, 7) is 3.73. The molecule has 1 aromatic heterocycles. The summed E-state index contributed by atoms with van der Waals surface area (Å²) >= 11 is 1.20. The quantitative estimate of drug-likeness (QED) is 0.607. The maximum Gasteiger partial charge on any atom is 0.266 e. The number of ether oxygens (including phenoxy) is 1. The van der Waals surface area contributed by atoms with Gasteiger partial charge in [-0.15, -0.1) is 11.3 Å². The van der Waals surface area contributed by atoms with Gasteiger partial charge in [0, 0.05) is 11.6 Å². The van der Waals surface area contributed by atoms with Gasteiger partial charge in [-0.2, -0.15) is 0 Å². The Balaban J connectivity index is 1.77. The molecule has 28 heavy (non-hydrogen) atoms. The summed E-state index contributed by atoms with van der Waals surface area (Å²) in [5, 5.41) is 12.5. The molecule has 2 aromatic carbocycles. The molecule has 0 amide bonds. The van der Waals surface area contributed by atoms with Crippen molar-refractivity contribution in [3.8, 4) is 5.75 Å². The summed E-state index contributed by atoms with van der Waals surface area (Å²) in [5.41, 5.74) is 2.08. The highest BCUT2D eigenvalue weighted by Gasteiger charge is 2.29. The molecule has 6 nitrogen and oxygen atoms in total. The molecule has 3 aromatic rings. The molecule has 148 valence electrons. The zero-order valence-electron chi connectivity index (χ0n) is 15.6. The fourth-order valence-corrected chi connectivity index (χ4v) is 5.09. The van der Waals surface area contributed by atoms with Crippen LogP contribution < -0.4 is 9.04 Å². The zero-order chi connectivity index (χ0) is 20.1. The number of nitrogens with zero attached hydrogens (tertiary/aromatic N) is 2. The average molecular weight is 419 g/mol. The van der Waals surface area contributed by atoms with Gasteiger partial charge in [-0.05, 0) is 37.6 Å². The smallest absolute Gasteiger partial charge is 0.266 e. The minimum atomic E-state index is -3.85. The number of benzene rings is 2. The normalized spacial score (nSPS) is 12.5. The number of aliphatic hydroxyl groups is 1. The second-order valence-corrected chi connectivity index (χ2v) is 9.13. The Labute approximate surface area is 169 Å². The maximum atomic E-state index is 13.1. The molecule has 0 fully saturated rings. The van der Waals surface area contributed by atoms with E-state index in [1.807, 2.05) is 32.0 Å². The van der Waals surface area contributed by atoms with Crippen LogP contribution in [-0.4, -0.2) is 37.8 Å². The summed E-state index contributed by atoms with van der Waals surface area (Å²) in [6, 6.07) is 13.9. The van der Waals surface area contributed by atoms with E-state index in [-0.39, 0.29) is 18.0 Å². The highest BCUT2D eigenvalue weighted by Crippen LogP contribution is 2.26. The van der Waals surface area contributed by atoms with E-state index in [0.717, 1.165) is 15.4 Å². The fraction of sp³-hybridized carbons (Fsp3) is 0.250. The zero-order valence-corrected chi connectivity index (χ0v) is 17.3. The minimum absolute atomic E-state index is 0.0317. The monoisotopic (exact) mass is 418 g/mol. The van der Waals surface area contributed by atoms with Gasteiger partial charge in [-0.25, -0.2) is 17.7 Å². The van der Waals surface area contributed by atoms with Crippen molar-refractivity contribution < 1.29 is 18.3 Å². The van der Waals surface area contributed by atoms with Crippen LogP contribution in [0.4, 0.5) is 5.13 Å². The number of sulfonamides is 1. The van der Waals surface area contributed by atoms with E-state index in [0.29, 0.717) is 10.9 Å². The summed E-state index contributed by atoms with van der Waals surface area (Å²) < 4.78 is 33.0. The second-order valence-electron chi connectivity index (χ2n) is 6.40. The number of anilines is 1. The SMILES string of the molecule is Cc1ccc(OCC(O)CN(c2nccs2)S(=O)(=O)c2ccccc2)c(C)c1. The van der Waals surface area contributed by atoms with Crippen LogP contribution in [0.25, 0.3) is 0 Å². The molecule has 1 atom stereocenters. The molecule has 8 heteroatoms. The number of hydrogen-bond acceptors (Lipinski definition) is 6. The average Bonchev–Trinajstić information content (AvgIpc) is 3.20. The third-order valence-corrected chi connectivity index (χ3v) is 6.78. The lowest BCUT2D eigenvalue weighted by Gasteiger charge is -2.24. The van der Waals surface area contributed by atoms with Crippen LogP contribution in [0, 0.1) is 13.8 Å². The van der Waals surface area contributed by atoms with E-state index < -0.39 is 16.1 Å². The number of rotatable bonds is 8. The van der Waals surface area contributed by atoms with Crippen molar-refractivity contribution in [3.05, 3.63) is 71.2 Å². The molecule has 0 bridgehead atoms. The third-order valence-electron chi connectivity index (χ3n) is 4.10. The molecule has 1 N–H and O–H groups in total. The Bertz CT molecular complexity index is 1010. The first kappa shape index (κ1) is 20.3. The maximum absolute atomic E-state index is 13.1. The number of aryl methyl sites for hydroxylation is 2. The summed E-state index contributed by atoms with van der Waals surface area (Å²) in [4.78, 5) is 4.26. The number of hydrogen-bond donors (Lipinski definition) is 1. The van der Waals surface area contributed by atoms with Crippen molar-refractivity contribution in [1.82, 2.24) is 4.98 Å². The number of thiazole rings is 1. The van der Waals surface area contributed by atoms with Crippen LogP contribution in [0.3, 0.4) is 0 Å². The molecular formula is C20H22N2O4S2. The highest BCUT2D eigenvalue weighted by atomic mass is 32.2. The van der Waals surface area contributed by atoms with E-state index >= 15 is 0 Å². The molecule has 1 unspecified atom stereocenters. The van der Waals surface area contributed by atoms with Gasteiger partial charge in [0.15, 0.2) is 5.13 Å². The van der Waals surface area contributed by atoms with Gasteiger partial charge in [0.25, 0.3) is 10.0 Å². The Morgan fingerprint density at radius 3 is 2.57 bits per heavy atom. The van der Waals surface area contributed by atoms with Crippen LogP contribution in [-0.2, 0) is 10.0 Å². The first-order valence-corrected chi connectivity index (χ1v) is 11.1. The van der Waals surface area contributed by atoms with Gasteiger partial charge in [0.1, 0.15) is 18.5 Å². The topological polar surface area (TPSA) is 79.7 Å². The van der Waals surface area contributed by atoms with Crippen LogP contribution in [0.5, 0.6) is 5.75 Å². The van der Waals surface area contributed by atoms with E-state index in [9.17, 15) is 13.5 Å². The Kier molecular flexibility index (Phi) is 6.33. The van der Waals surface area contributed by atoms with Crippen molar-refractivity contribution in [1.29, 1.82) is 0 Å². The highest BCUT2D eigenvalue weighted by molar-refractivity contribution is 7.93. The number of aliphatic hydroxyl groups excluding tert-OH is 1. The molecule has 0 spiro atoms. The second kappa shape index (κ2) is 8.72. The van der Waals surface area contributed by atoms with E-state index in [4.69, 9.17) is 4.74 Å². The van der Waals surface area contributed by atoms with Gasteiger partial charge in [0.2, 0.25) is 0 Å². The summed E-state index contributed by atoms with van der Waals surface area (Å²) in [7, 11) is -3.85. The van der Waals surface area contributed by atoms with E-state index in [1.54, 1.807) is 23.6 Å². The van der Waals surface area contributed by atoms with Crippen LogP contribution >= 0.6 is 11.3 Å². The van der Waals surface area contributed by atoms with Gasteiger partial charge < -0.3 is 9.84 Å². The molecule has 0 aliphatic heterocycles. The van der Waals surface area contributed by atoms with Crippen molar-refractivity contribution >= 4 is 26.5 Å². The predicted octanol–water partition coefficient (Wildman–Crippen LogP) is 3.40. The summed E-state index contributed by atoms with van der Waals surface area (Å²) in [6.07, 6.45) is 0.509. The van der Waals surface area contributed by atoms with Crippen molar-refractivity contribution in [2.24, 2.45) is 0 Å². The lowest BCUT2D eigenvalue weighted by Crippen LogP contribution is -2.39. The largest absolute Gasteiger partial charge is 0.491 e. The summed E-state index contributed by atoms with van der Waals surface area (Å²) in [5.74, 6) is 0.663. The van der Waals surface area contributed by atoms with E-state index in [1.165, 1.54) is 29.7 Å². The molecule has 0 aliphatic carbocycles. The number of aromatic nitrogens is 1. The molecule has 0 saturated carbocycles. The molecule has 0 aliphatic rings. The molecule has 1 heterocycles. The van der Waals surface area contributed by atoms with Crippen molar-refractivity contribution in [2.75, 3.05) is 17.5 Å². The first-order chi connectivity index (χ1) is 13.4. The van der Waals surface area contributed by atoms with Crippen LogP contribution in [0.15, 0.2) is 65.0 Å². The molecule has 0 radical (unpaired) electrons. The fourth-order valence-electron chi connectivity index (χ4n) is 2.73. The van der Waals surface area contributed by atoms with Gasteiger partial charge in [-0.3, -0.25) is 0 Å². The van der Waals surface area contributed by atoms with E-state index in [2.05, 4.69) is 4.98 Å². The standard InChI is InChI=1S/C20H22N2O4S2/c1-15-8-9-19(16(2)12-15)26-14-17(23)13-22(20-21-10-11-27-20)28(24,25)18-6-4-3-5-7-18/h3-12,17,23H,13-14H2,1-2H3. The van der Waals surface area contributed by atoms with Crippen molar-refractivity contribution in [2.45, 2.75) is 24.8 Å². The first-order valence-electron chi connectivity index (χ1n) is 8.73. The minimum Gasteiger partial charge on any atom is -0.491 e. The Morgan fingerprint density at radius 1 is 1.18 bits per heavy atom. The van der Waals surface area contributed by atoms with Gasteiger partial charge >= 0.3 is 0 Å². The Hall–Kier alpha value is -2.42. The molecule has 0 saturated heterocycles. The molecular weight excluding hydrogens is 396 g/mol. The Morgan fingerprint density at radius 2 is 1.93 bits per heavy atom. The molecule has 3 rings (SSSR count). The van der Waals surface area contributed by atoms with Crippen molar-refractivity contribution in [3.63, 3.8) is 0 Å². The lowest BCUT2D eigenvalue weighted by molar-refractivity contribution is 0.114. The van der Waals surface area contributed by atoms with Gasteiger partial charge in [0.05, 0.1) is 11.4 Å².